The molecule has 1 heterocycles. The molecule has 8 heteroatoms. The Balaban J connectivity index is 3.21. The molecule has 1 aromatic heterocycles. The fourth-order valence-corrected chi connectivity index (χ4v) is 4.60. The van der Waals surface area contributed by atoms with Crippen LogP contribution in [-0.4, -0.2) is 55.8 Å². The second-order valence-corrected chi connectivity index (χ2v) is 7.89. The minimum atomic E-state index is -3.67. The molecule has 0 aliphatic carbocycles. The van der Waals surface area contributed by atoms with Crippen LogP contribution in [-0.2, 0) is 10.0 Å². The van der Waals surface area contributed by atoms with Crippen LogP contribution in [0.2, 0.25) is 5.15 Å². The predicted molar refractivity (Wildman–Crippen MR) is 84.5 cm³/mol. The lowest BCUT2D eigenvalue weighted by Gasteiger charge is -2.29. The monoisotopic (exact) mass is 383 g/mol. The van der Waals surface area contributed by atoms with Crippen LogP contribution in [0.25, 0.3) is 0 Å². The van der Waals surface area contributed by atoms with E-state index in [-0.39, 0.29) is 16.1 Å². The minimum Gasteiger partial charge on any atom is -0.308 e. The molecule has 5 nitrogen and oxygen atoms in total. The third-order valence-corrected chi connectivity index (χ3v) is 5.74. The van der Waals surface area contributed by atoms with Crippen LogP contribution in [0.3, 0.4) is 0 Å². The number of sulfonamides is 1. The van der Waals surface area contributed by atoms with Crippen molar-refractivity contribution in [1.29, 1.82) is 0 Å². The maximum Gasteiger partial charge on any atom is 0.246 e. The lowest BCUT2D eigenvalue weighted by molar-refractivity contribution is 0.271. The number of aromatic nitrogens is 1. The molecule has 1 aromatic rings. The van der Waals surface area contributed by atoms with Crippen LogP contribution in [0.1, 0.15) is 13.8 Å². The molecule has 0 bridgehead atoms. The highest BCUT2D eigenvalue weighted by molar-refractivity contribution is 9.10. The van der Waals surface area contributed by atoms with E-state index in [4.69, 9.17) is 11.6 Å². The van der Waals surface area contributed by atoms with E-state index in [1.807, 2.05) is 32.8 Å². The lowest BCUT2D eigenvalue weighted by atomic mass is 10.3. The third-order valence-electron chi connectivity index (χ3n) is 2.79. The molecule has 20 heavy (non-hydrogen) atoms. The SMILES string of the molecule is CCN(C(C)CN(C)C)S(=O)(=O)c1cc(Br)cnc1Cl. The molecule has 114 valence electrons. The number of hydrogen-bond acceptors (Lipinski definition) is 4. The fourth-order valence-electron chi connectivity index (χ4n) is 2.05. The predicted octanol–water partition coefficient (Wildman–Crippen LogP) is 2.46. The maximum absolute atomic E-state index is 12.7. The smallest absolute Gasteiger partial charge is 0.246 e. The second-order valence-electron chi connectivity index (χ2n) is 4.76. The van der Waals surface area contributed by atoms with Gasteiger partial charge in [-0.05, 0) is 43.0 Å². The van der Waals surface area contributed by atoms with E-state index in [9.17, 15) is 8.42 Å². The molecule has 0 aliphatic rings. The summed E-state index contributed by atoms with van der Waals surface area (Å²) >= 11 is 9.17. The molecule has 0 aliphatic heterocycles. The molecule has 0 N–H and O–H groups in total. The van der Waals surface area contributed by atoms with E-state index in [1.165, 1.54) is 16.6 Å². The van der Waals surface area contributed by atoms with Gasteiger partial charge in [-0.1, -0.05) is 18.5 Å². The topological polar surface area (TPSA) is 53.5 Å². The molecule has 1 rings (SSSR count). The number of rotatable bonds is 6. The van der Waals surface area contributed by atoms with Gasteiger partial charge in [0, 0.05) is 29.8 Å². The molecule has 1 unspecified atom stereocenters. The van der Waals surface area contributed by atoms with Crippen LogP contribution in [0.5, 0.6) is 0 Å². The Kier molecular flexibility index (Phi) is 6.40. The van der Waals surface area contributed by atoms with E-state index < -0.39 is 10.0 Å². The quantitative estimate of drug-likeness (QED) is 0.707. The highest BCUT2D eigenvalue weighted by atomic mass is 79.9. The minimum absolute atomic E-state index is 0.0105. The maximum atomic E-state index is 12.7. The Morgan fingerprint density at radius 1 is 1.45 bits per heavy atom. The van der Waals surface area contributed by atoms with Crippen molar-refractivity contribution in [2.45, 2.75) is 24.8 Å². The number of pyridine rings is 1. The lowest BCUT2D eigenvalue weighted by Crippen LogP contribution is -2.43. The van der Waals surface area contributed by atoms with E-state index in [0.717, 1.165) is 0 Å². The fraction of sp³-hybridized carbons (Fsp3) is 0.583. The van der Waals surface area contributed by atoms with Crippen LogP contribution >= 0.6 is 27.5 Å². The van der Waals surface area contributed by atoms with Crippen LogP contribution < -0.4 is 0 Å². The zero-order valence-electron chi connectivity index (χ0n) is 12.0. The Labute approximate surface area is 134 Å². The summed E-state index contributed by atoms with van der Waals surface area (Å²) < 4.78 is 27.5. The van der Waals surface area contributed by atoms with E-state index >= 15 is 0 Å². The molecular formula is C12H19BrClN3O2S. The Hall–Kier alpha value is -0.210. The van der Waals surface area contributed by atoms with Gasteiger partial charge >= 0.3 is 0 Å². The number of hydrogen-bond donors (Lipinski definition) is 0. The molecular weight excluding hydrogens is 366 g/mol. The van der Waals surface area contributed by atoms with Crippen LogP contribution in [0, 0.1) is 0 Å². The molecule has 0 amide bonds. The van der Waals surface area contributed by atoms with Gasteiger partial charge in [-0.2, -0.15) is 4.31 Å². The van der Waals surface area contributed by atoms with Crippen molar-refractivity contribution in [3.05, 3.63) is 21.9 Å². The van der Waals surface area contributed by atoms with Crippen LogP contribution in [0.4, 0.5) is 0 Å². The largest absolute Gasteiger partial charge is 0.308 e. The van der Waals surface area contributed by atoms with Gasteiger partial charge in [0.1, 0.15) is 10.0 Å². The first-order chi connectivity index (χ1) is 9.20. The van der Waals surface area contributed by atoms with Gasteiger partial charge < -0.3 is 4.90 Å². The summed E-state index contributed by atoms with van der Waals surface area (Å²) in [6.45, 7) is 4.69. The van der Waals surface area contributed by atoms with Crippen molar-refractivity contribution in [2.24, 2.45) is 0 Å². The summed E-state index contributed by atoms with van der Waals surface area (Å²) in [6, 6.07) is 1.32. The Bertz CT molecular complexity index is 566. The molecule has 0 radical (unpaired) electrons. The number of halogens is 2. The summed E-state index contributed by atoms with van der Waals surface area (Å²) in [5, 5.41) is -0.0105. The summed E-state index contributed by atoms with van der Waals surface area (Å²) in [7, 11) is 0.148. The van der Waals surface area contributed by atoms with Gasteiger partial charge in [-0.3, -0.25) is 0 Å². The zero-order valence-corrected chi connectivity index (χ0v) is 15.1. The van der Waals surface area contributed by atoms with Gasteiger partial charge in [0.25, 0.3) is 0 Å². The van der Waals surface area contributed by atoms with Crippen LogP contribution in [0.15, 0.2) is 21.6 Å². The van der Waals surface area contributed by atoms with E-state index in [2.05, 4.69) is 20.9 Å². The average Bonchev–Trinajstić information content (AvgIpc) is 2.31. The van der Waals surface area contributed by atoms with Gasteiger partial charge in [-0.25, -0.2) is 13.4 Å². The summed E-state index contributed by atoms with van der Waals surface area (Å²) in [6.07, 6.45) is 1.47. The molecule has 0 aromatic carbocycles. The molecule has 0 saturated heterocycles. The highest BCUT2D eigenvalue weighted by Gasteiger charge is 2.30. The van der Waals surface area contributed by atoms with Gasteiger partial charge in [0.15, 0.2) is 0 Å². The van der Waals surface area contributed by atoms with Crippen molar-refractivity contribution in [1.82, 2.24) is 14.2 Å². The normalized spacial score (nSPS) is 14.0. The molecule has 1 atom stereocenters. The van der Waals surface area contributed by atoms with E-state index in [1.54, 1.807) is 0 Å². The average molecular weight is 385 g/mol. The second kappa shape index (κ2) is 7.17. The standard InChI is InChI=1S/C12H19BrClN3O2S/c1-5-17(9(2)8-16(3)4)20(18,19)11-6-10(13)7-15-12(11)14/h6-7,9H,5,8H2,1-4H3. The number of nitrogens with zero attached hydrogens (tertiary/aromatic N) is 3. The Morgan fingerprint density at radius 3 is 2.55 bits per heavy atom. The van der Waals surface area contributed by atoms with Gasteiger partial charge in [0.05, 0.1) is 0 Å². The van der Waals surface area contributed by atoms with Crippen molar-refractivity contribution in [3.63, 3.8) is 0 Å². The first kappa shape index (κ1) is 17.8. The van der Waals surface area contributed by atoms with Crippen molar-refractivity contribution < 1.29 is 8.42 Å². The zero-order chi connectivity index (χ0) is 15.5. The highest BCUT2D eigenvalue weighted by Crippen LogP contribution is 2.26. The van der Waals surface area contributed by atoms with Gasteiger partial charge in [0.2, 0.25) is 10.0 Å². The third kappa shape index (κ3) is 4.14. The van der Waals surface area contributed by atoms with E-state index in [0.29, 0.717) is 17.6 Å². The number of likely N-dealkylation sites (N-methyl/N-ethyl adjacent to an activating group) is 2. The summed E-state index contributed by atoms with van der Waals surface area (Å²) in [5.41, 5.74) is 0. The molecule has 0 spiro atoms. The van der Waals surface area contributed by atoms with Crippen molar-refractivity contribution in [3.8, 4) is 0 Å². The summed E-state index contributed by atoms with van der Waals surface area (Å²) in [5.74, 6) is 0. The summed E-state index contributed by atoms with van der Waals surface area (Å²) in [4.78, 5) is 5.86. The first-order valence-corrected chi connectivity index (χ1v) is 8.78. The Morgan fingerprint density at radius 2 is 2.05 bits per heavy atom. The molecule has 0 fully saturated rings. The van der Waals surface area contributed by atoms with Crippen molar-refractivity contribution in [2.75, 3.05) is 27.2 Å². The van der Waals surface area contributed by atoms with Crippen molar-refractivity contribution >= 4 is 37.6 Å². The molecule has 0 saturated carbocycles. The first-order valence-electron chi connectivity index (χ1n) is 6.17. The van der Waals surface area contributed by atoms with Gasteiger partial charge in [-0.15, -0.1) is 0 Å².